The molecule has 1 aliphatic heterocycles. The molecule has 1 fully saturated rings. The summed E-state index contributed by atoms with van der Waals surface area (Å²) in [7, 11) is 1.94. The molecule has 1 aromatic heterocycles. The standard InChI is InChI=1S/C12H21N3O/c1-15-9-10(8-14-15)4-5-11(13)7-12-3-2-6-16-12/h8-9,11-12H,2-7,13H2,1H3. The molecule has 2 heterocycles. The largest absolute Gasteiger partial charge is 0.378 e. The second kappa shape index (κ2) is 5.46. The molecule has 16 heavy (non-hydrogen) atoms. The van der Waals surface area contributed by atoms with Crippen LogP contribution in [0.15, 0.2) is 12.4 Å². The van der Waals surface area contributed by atoms with E-state index in [1.165, 1.54) is 18.4 Å². The molecule has 1 aliphatic rings. The Morgan fingerprint density at radius 3 is 3.19 bits per heavy atom. The summed E-state index contributed by atoms with van der Waals surface area (Å²) in [6.07, 6.45) is 9.79. The predicted octanol–water partition coefficient (Wildman–Crippen LogP) is 1.25. The van der Waals surface area contributed by atoms with Gasteiger partial charge < -0.3 is 10.5 Å². The lowest BCUT2D eigenvalue weighted by Gasteiger charge is -2.15. The van der Waals surface area contributed by atoms with Crippen molar-refractivity contribution >= 4 is 0 Å². The zero-order chi connectivity index (χ0) is 11.4. The smallest absolute Gasteiger partial charge is 0.0590 e. The van der Waals surface area contributed by atoms with Crippen LogP contribution in [0.5, 0.6) is 0 Å². The number of nitrogens with zero attached hydrogens (tertiary/aromatic N) is 2. The quantitative estimate of drug-likeness (QED) is 0.817. The number of aromatic nitrogens is 2. The first-order chi connectivity index (χ1) is 7.74. The summed E-state index contributed by atoms with van der Waals surface area (Å²) >= 11 is 0. The highest BCUT2D eigenvalue weighted by molar-refractivity contribution is 5.03. The SMILES string of the molecule is Cn1cc(CCC(N)CC2CCCO2)cn1. The summed E-state index contributed by atoms with van der Waals surface area (Å²) < 4.78 is 7.42. The van der Waals surface area contributed by atoms with Gasteiger partial charge in [0.25, 0.3) is 0 Å². The first-order valence-electron chi connectivity index (χ1n) is 6.09. The Bertz CT molecular complexity index is 318. The third-order valence-electron chi connectivity index (χ3n) is 3.15. The zero-order valence-corrected chi connectivity index (χ0v) is 9.93. The Hall–Kier alpha value is -0.870. The average Bonchev–Trinajstić information content (AvgIpc) is 2.87. The van der Waals surface area contributed by atoms with Gasteiger partial charge in [-0.3, -0.25) is 4.68 Å². The first-order valence-corrected chi connectivity index (χ1v) is 6.09. The van der Waals surface area contributed by atoms with Gasteiger partial charge in [-0.15, -0.1) is 0 Å². The molecule has 0 radical (unpaired) electrons. The van der Waals surface area contributed by atoms with Crippen LogP contribution < -0.4 is 5.73 Å². The van der Waals surface area contributed by atoms with Crippen LogP contribution in [0.25, 0.3) is 0 Å². The minimum Gasteiger partial charge on any atom is -0.378 e. The maximum atomic E-state index is 6.10. The molecule has 2 rings (SSSR count). The highest BCUT2D eigenvalue weighted by Crippen LogP contribution is 2.18. The maximum absolute atomic E-state index is 6.10. The lowest BCUT2D eigenvalue weighted by Crippen LogP contribution is -2.26. The van der Waals surface area contributed by atoms with Crippen molar-refractivity contribution in [2.24, 2.45) is 12.8 Å². The molecule has 1 saturated heterocycles. The van der Waals surface area contributed by atoms with E-state index in [1.807, 2.05) is 17.9 Å². The predicted molar refractivity (Wildman–Crippen MR) is 63.1 cm³/mol. The van der Waals surface area contributed by atoms with Crippen molar-refractivity contribution < 1.29 is 4.74 Å². The van der Waals surface area contributed by atoms with Gasteiger partial charge in [0.05, 0.1) is 12.3 Å². The second-order valence-electron chi connectivity index (χ2n) is 4.69. The number of rotatable bonds is 5. The van der Waals surface area contributed by atoms with E-state index in [4.69, 9.17) is 10.5 Å². The van der Waals surface area contributed by atoms with E-state index in [-0.39, 0.29) is 6.04 Å². The van der Waals surface area contributed by atoms with Crippen LogP contribution in [0.1, 0.15) is 31.2 Å². The van der Waals surface area contributed by atoms with Gasteiger partial charge in [-0.1, -0.05) is 0 Å². The molecule has 90 valence electrons. The summed E-state index contributed by atoms with van der Waals surface area (Å²) in [6, 6.07) is 0.253. The normalized spacial score (nSPS) is 22.5. The van der Waals surface area contributed by atoms with Crippen molar-refractivity contribution in [2.75, 3.05) is 6.61 Å². The number of hydrogen-bond donors (Lipinski definition) is 1. The van der Waals surface area contributed by atoms with Crippen molar-refractivity contribution in [3.05, 3.63) is 18.0 Å². The highest BCUT2D eigenvalue weighted by Gasteiger charge is 2.18. The minimum absolute atomic E-state index is 0.253. The molecule has 0 aromatic carbocycles. The van der Waals surface area contributed by atoms with Gasteiger partial charge in [-0.05, 0) is 37.7 Å². The van der Waals surface area contributed by atoms with Gasteiger partial charge >= 0.3 is 0 Å². The van der Waals surface area contributed by atoms with E-state index in [0.29, 0.717) is 6.10 Å². The van der Waals surface area contributed by atoms with Gasteiger partial charge in [0, 0.05) is 25.9 Å². The van der Waals surface area contributed by atoms with Gasteiger partial charge in [0.2, 0.25) is 0 Å². The lowest BCUT2D eigenvalue weighted by atomic mass is 10.0. The van der Waals surface area contributed by atoms with Crippen molar-refractivity contribution in [3.63, 3.8) is 0 Å². The van der Waals surface area contributed by atoms with E-state index in [2.05, 4.69) is 11.3 Å². The molecular weight excluding hydrogens is 202 g/mol. The van der Waals surface area contributed by atoms with E-state index >= 15 is 0 Å². The topological polar surface area (TPSA) is 53.1 Å². The zero-order valence-electron chi connectivity index (χ0n) is 9.93. The maximum Gasteiger partial charge on any atom is 0.0590 e. The van der Waals surface area contributed by atoms with Crippen LogP contribution >= 0.6 is 0 Å². The number of hydrogen-bond acceptors (Lipinski definition) is 3. The summed E-state index contributed by atoms with van der Waals surface area (Å²) in [5, 5.41) is 4.15. The third-order valence-corrected chi connectivity index (χ3v) is 3.15. The highest BCUT2D eigenvalue weighted by atomic mass is 16.5. The first kappa shape index (κ1) is 11.6. The molecule has 2 N–H and O–H groups in total. The van der Waals surface area contributed by atoms with Crippen molar-refractivity contribution in [3.8, 4) is 0 Å². The van der Waals surface area contributed by atoms with Crippen LogP contribution in [-0.2, 0) is 18.2 Å². The number of ether oxygens (including phenoxy) is 1. The Labute approximate surface area is 96.8 Å². The molecule has 0 spiro atoms. The molecule has 0 saturated carbocycles. The Morgan fingerprint density at radius 1 is 1.69 bits per heavy atom. The van der Waals surface area contributed by atoms with Crippen molar-refractivity contribution in [1.82, 2.24) is 9.78 Å². The number of nitrogens with two attached hydrogens (primary N) is 1. The number of aryl methyl sites for hydroxylation is 2. The molecule has 0 amide bonds. The Kier molecular flexibility index (Phi) is 3.96. The summed E-state index contributed by atoms with van der Waals surface area (Å²) in [6.45, 7) is 0.917. The second-order valence-corrected chi connectivity index (χ2v) is 4.69. The summed E-state index contributed by atoms with van der Waals surface area (Å²) in [4.78, 5) is 0. The molecule has 2 atom stereocenters. The van der Waals surface area contributed by atoms with Crippen LogP contribution in [0.3, 0.4) is 0 Å². The fourth-order valence-corrected chi connectivity index (χ4v) is 2.24. The minimum atomic E-state index is 0.253. The van der Waals surface area contributed by atoms with Gasteiger partial charge in [0.15, 0.2) is 0 Å². The molecule has 0 bridgehead atoms. The van der Waals surface area contributed by atoms with Crippen LogP contribution in [0.2, 0.25) is 0 Å². The van der Waals surface area contributed by atoms with Crippen molar-refractivity contribution in [1.29, 1.82) is 0 Å². The molecule has 1 aromatic rings. The third kappa shape index (κ3) is 3.32. The fourth-order valence-electron chi connectivity index (χ4n) is 2.24. The average molecular weight is 223 g/mol. The Balaban J connectivity index is 1.68. The molecule has 0 aliphatic carbocycles. The van der Waals surface area contributed by atoms with E-state index in [1.54, 1.807) is 0 Å². The lowest BCUT2D eigenvalue weighted by molar-refractivity contribution is 0.0976. The van der Waals surface area contributed by atoms with E-state index in [0.717, 1.165) is 25.9 Å². The van der Waals surface area contributed by atoms with E-state index < -0.39 is 0 Å². The van der Waals surface area contributed by atoms with Gasteiger partial charge in [-0.25, -0.2) is 0 Å². The summed E-state index contributed by atoms with van der Waals surface area (Å²) in [5.41, 5.74) is 7.37. The monoisotopic (exact) mass is 223 g/mol. The molecule has 4 nitrogen and oxygen atoms in total. The summed E-state index contributed by atoms with van der Waals surface area (Å²) in [5.74, 6) is 0. The fraction of sp³-hybridized carbons (Fsp3) is 0.750. The molecular formula is C12H21N3O. The molecule has 4 heteroatoms. The van der Waals surface area contributed by atoms with Crippen LogP contribution in [0.4, 0.5) is 0 Å². The van der Waals surface area contributed by atoms with Crippen molar-refractivity contribution in [2.45, 2.75) is 44.2 Å². The molecule has 2 unspecified atom stereocenters. The van der Waals surface area contributed by atoms with Gasteiger partial charge in [-0.2, -0.15) is 5.10 Å². The van der Waals surface area contributed by atoms with Gasteiger partial charge in [0.1, 0.15) is 0 Å². The van der Waals surface area contributed by atoms with Crippen LogP contribution in [-0.4, -0.2) is 28.5 Å². The Morgan fingerprint density at radius 2 is 2.56 bits per heavy atom. The van der Waals surface area contributed by atoms with Crippen LogP contribution in [0, 0.1) is 0 Å². The van der Waals surface area contributed by atoms with E-state index in [9.17, 15) is 0 Å².